The highest BCUT2D eigenvalue weighted by Gasteiger charge is 2.22. The summed E-state index contributed by atoms with van der Waals surface area (Å²) in [6, 6.07) is 10.2. The van der Waals surface area contributed by atoms with E-state index in [9.17, 15) is 4.79 Å². The molecule has 19 heavy (non-hydrogen) atoms. The van der Waals surface area contributed by atoms with Crippen molar-refractivity contribution in [2.45, 2.75) is 24.1 Å². The Kier molecular flexibility index (Phi) is 7.28. The molecule has 1 saturated heterocycles. The van der Waals surface area contributed by atoms with Crippen molar-refractivity contribution in [3.05, 3.63) is 35.9 Å². The van der Waals surface area contributed by atoms with Crippen LogP contribution in [-0.2, 0) is 4.79 Å². The first-order valence-electron chi connectivity index (χ1n) is 6.40. The summed E-state index contributed by atoms with van der Waals surface area (Å²) in [5.74, 6) is 0.127. The second kappa shape index (κ2) is 8.46. The molecular weight excluding hydrogens is 280 g/mol. The zero-order valence-electron chi connectivity index (χ0n) is 11.1. The average molecular weight is 301 g/mol. The predicted molar refractivity (Wildman–Crippen MR) is 84.0 cm³/mol. The second-order valence-electron chi connectivity index (χ2n) is 4.58. The van der Waals surface area contributed by atoms with Crippen LogP contribution < -0.4 is 10.6 Å². The van der Waals surface area contributed by atoms with Crippen molar-refractivity contribution in [1.82, 2.24) is 10.6 Å². The lowest BCUT2D eigenvalue weighted by atomic mass is 10.1. The number of piperidine rings is 1. The zero-order valence-corrected chi connectivity index (χ0v) is 12.7. The van der Waals surface area contributed by atoms with Gasteiger partial charge in [-0.05, 0) is 31.2 Å². The molecule has 0 aliphatic carbocycles. The van der Waals surface area contributed by atoms with Gasteiger partial charge in [-0.25, -0.2) is 0 Å². The van der Waals surface area contributed by atoms with Gasteiger partial charge in [0.2, 0.25) is 5.91 Å². The van der Waals surface area contributed by atoms with Gasteiger partial charge in [-0.2, -0.15) is 0 Å². The number of halogens is 1. The van der Waals surface area contributed by atoms with Crippen molar-refractivity contribution in [3.8, 4) is 0 Å². The molecule has 1 aromatic carbocycles. The number of hydrogen-bond donors (Lipinski definition) is 2. The molecule has 2 atom stereocenters. The predicted octanol–water partition coefficient (Wildman–Crippen LogP) is 2.38. The Bertz CT molecular complexity index is 382. The van der Waals surface area contributed by atoms with Gasteiger partial charge in [-0.15, -0.1) is 24.2 Å². The van der Waals surface area contributed by atoms with E-state index in [1.807, 2.05) is 36.6 Å². The number of carbonyl (C=O) groups is 1. The molecule has 1 fully saturated rings. The number of thioether (sulfide) groups is 1. The third-order valence-corrected chi connectivity index (χ3v) is 4.18. The van der Waals surface area contributed by atoms with Crippen molar-refractivity contribution in [1.29, 1.82) is 0 Å². The van der Waals surface area contributed by atoms with Gasteiger partial charge in [0.15, 0.2) is 0 Å². The average Bonchev–Trinajstić information content (AvgIpc) is 2.42. The summed E-state index contributed by atoms with van der Waals surface area (Å²) >= 11 is 1.59. The Hall–Kier alpha value is -0.710. The minimum absolute atomic E-state index is 0. The highest BCUT2D eigenvalue weighted by atomic mass is 35.5. The Morgan fingerprint density at radius 1 is 1.42 bits per heavy atom. The van der Waals surface area contributed by atoms with E-state index in [0.717, 1.165) is 31.5 Å². The normalized spacial score (nSPS) is 20.2. The van der Waals surface area contributed by atoms with E-state index in [4.69, 9.17) is 0 Å². The molecule has 106 valence electrons. The van der Waals surface area contributed by atoms with Crippen LogP contribution in [0.2, 0.25) is 0 Å². The molecule has 1 aliphatic heterocycles. The first-order chi connectivity index (χ1) is 8.81. The summed E-state index contributed by atoms with van der Waals surface area (Å²) in [7, 11) is 0. The minimum Gasteiger partial charge on any atom is -0.351 e. The Morgan fingerprint density at radius 3 is 2.74 bits per heavy atom. The molecule has 2 rings (SSSR count). The van der Waals surface area contributed by atoms with Gasteiger partial charge < -0.3 is 10.6 Å². The molecule has 0 radical (unpaired) electrons. The molecule has 5 heteroatoms. The molecule has 0 aromatic heterocycles. The Balaban J connectivity index is 0.00000180. The summed E-state index contributed by atoms with van der Waals surface area (Å²) in [6.45, 7) is 1.96. The largest absolute Gasteiger partial charge is 0.351 e. The smallest absolute Gasteiger partial charge is 0.237 e. The fourth-order valence-corrected chi connectivity index (χ4v) is 2.99. The molecule has 3 nitrogen and oxygen atoms in total. The van der Waals surface area contributed by atoms with E-state index in [2.05, 4.69) is 10.6 Å². The number of nitrogens with one attached hydrogen (secondary N) is 2. The quantitative estimate of drug-likeness (QED) is 0.897. The maximum absolute atomic E-state index is 12.3. The van der Waals surface area contributed by atoms with Crippen LogP contribution in [0, 0.1) is 0 Å². The van der Waals surface area contributed by atoms with Crippen LogP contribution in [0.4, 0.5) is 0 Å². The molecule has 1 aliphatic rings. The molecule has 1 heterocycles. The molecule has 0 saturated carbocycles. The summed E-state index contributed by atoms with van der Waals surface area (Å²) in [5, 5.41) is 6.36. The lowest BCUT2D eigenvalue weighted by Crippen LogP contribution is -2.46. The van der Waals surface area contributed by atoms with Gasteiger partial charge >= 0.3 is 0 Å². The highest BCUT2D eigenvalue weighted by Crippen LogP contribution is 2.26. The summed E-state index contributed by atoms with van der Waals surface area (Å²) in [4.78, 5) is 12.3. The van der Waals surface area contributed by atoms with Crippen LogP contribution in [0.25, 0.3) is 0 Å². The Labute approximate surface area is 125 Å². The van der Waals surface area contributed by atoms with Crippen LogP contribution in [0.3, 0.4) is 0 Å². The first kappa shape index (κ1) is 16.3. The van der Waals surface area contributed by atoms with E-state index in [1.54, 1.807) is 11.8 Å². The van der Waals surface area contributed by atoms with Crippen molar-refractivity contribution >= 4 is 30.1 Å². The van der Waals surface area contributed by atoms with Gasteiger partial charge in [0.1, 0.15) is 5.25 Å². The number of carbonyl (C=O) groups excluding carboxylic acids is 1. The maximum atomic E-state index is 12.3. The van der Waals surface area contributed by atoms with Crippen molar-refractivity contribution in [3.63, 3.8) is 0 Å². The van der Waals surface area contributed by atoms with Gasteiger partial charge in [0.05, 0.1) is 0 Å². The van der Waals surface area contributed by atoms with Crippen LogP contribution >= 0.6 is 24.2 Å². The maximum Gasteiger partial charge on any atom is 0.237 e. The molecule has 0 bridgehead atoms. The lowest BCUT2D eigenvalue weighted by molar-refractivity contribution is -0.121. The van der Waals surface area contributed by atoms with E-state index in [-0.39, 0.29) is 29.6 Å². The van der Waals surface area contributed by atoms with E-state index < -0.39 is 0 Å². The van der Waals surface area contributed by atoms with Crippen LogP contribution in [0.1, 0.15) is 23.7 Å². The molecule has 2 N–H and O–H groups in total. The van der Waals surface area contributed by atoms with Gasteiger partial charge in [-0.1, -0.05) is 30.3 Å². The monoisotopic (exact) mass is 300 g/mol. The third kappa shape index (κ3) is 4.71. The molecule has 1 aromatic rings. The van der Waals surface area contributed by atoms with Crippen LogP contribution in [0.5, 0.6) is 0 Å². The summed E-state index contributed by atoms with van der Waals surface area (Å²) < 4.78 is 0. The van der Waals surface area contributed by atoms with Crippen molar-refractivity contribution < 1.29 is 4.79 Å². The van der Waals surface area contributed by atoms with E-state index >= 15 is 0 Å². The second-order valence-corrected chi connectivity index (χ2v) is 5.52. The Morgan fingerprint density at radius 2 is 2.16 bits per heavy atom. The van der Waals surface area contributed by atoms with Gasteiger partial charge in [0, 0.05) is 12.6 Å². The first-order valence-corrected chi connectivity index (χ1v) is 7.69. The van der Waals surface area contributed by atoms with E-state index in [1.165, 1.54) is 0 Å². The van der Waals surface area contributed by atoms with Crippen molar-refractivity contribution in [2.24, 2.45) is 0 Å². The number of amides is 1. The SMILES string of the molecule is CSC(C(=O)N[C@H]1CCCNC1)c1ccccc1.Cl. The molecule has 1 amide bonds. The standard InChI is InChI=1S/C14H20N2OS.ClH/c1-18-13(11-6-3-2-4-7-11)14(17)16-12-8-5-9-15-10-12;/h2-4,6-7,12-13,15H,5,8-10H2,1H3,(H,16,17);1H/t12-,13?;/m0./s1. The van der Waals surface area contributed by atoms with Gasteiger partial charge in [-0.3, -0.25) is 4.79 Å². The van der Waals surface area contributed by atoms with Gasteiger partial charge in [0.25, 0.3) is 0 Å². The van der Waals surface area contributed by atoms with Crippen LogP contribution in [-0.4, -0.2) is 31.3 Å². The number of hydrogen-bond acceptors (Lipinski definition) is 3. The number of benzene rings is 1. The third-order valence-electron chi connectivity index (χ3n) is 3.22. The fraction of sp³-hybridized carbons (Fsp3) is 0.500. The zero-order chi connectivity index (χ0) is 12.8. The van der Waals surface area contributed by atoms with Crippen LogP contribution in [0.15, 0.2) is 30.3 Å². The summed E-state index contributed by atoms with van der Waals surface area (Å²) in [5.41, 5.74) is 1.08. The molecule has 0 spiro atoms. The highest BCUT2D eigenvalue weighted by molar-refractivity contribution is 7.99. The number of rotatable bonds is 4. The van der Waals surface area contributed by atoms with Crippen molar-refractivity contribution in [2.75, 3.05) is 19.3 Å². The minimum atomic E-state index is -0.104. The fourth-order valence-electron chi connectivity index (χ4n) is 2.27. The lowest BCUT2D eigenvalue weighted by Gasteiger charge is -2.25. The van der Waals surface area contributed by atoms with E-state index in [0.29, 0.717) is 0 Å². The summed E-state index contributed by atoms with van der Waals surface area (Å²) in [6.07, 6.45) is 4.20. The molecule has 1 unspecified atom stereocenters. The molecular formula is C14H21ClN2OS. The topological polar surface area (TPSA) is 41.1 Å².